The number of hydrogen-bond acceptors (Lipinski definition) is 3. The van der Waals surface area contributed by atoms with E-state index in [2.05, 4.69) is 5.32 Å². The standard InChI is InChI=1S/C27H33N3O3/c1-17-11-12-18(2)21(13-17)30-25(31)23-15-24-22(14-19(3)33-24)29(23)16-27(30,4)26(32)28-20-9-7-5-6-8-10-20/h11-15,20H,5-10,16H2,1-4H3,(H,28,32)/t27-/m1/s1. The zero-order chi connectivity index (χ0) is 23.3. The van der Waals surface area contributed by atoms with E-state index in [4.69, 9.17) is 4.42 Å². The second-order valence-electron chi connectivity index (χ2n) is 10.1. The van der Waals surface area contributed by atoms with Crippen LogP contribution in [0.5, 0.6) is 0 Å². The summed E-state index contributed by atoms with van der Waals surface area (Å²) in [5.74, 6) is 0.540. The molecule has 5 rings (SSSR count). The Labute approximate surface area is 194 Å². The van der Waals surface area contributed by atoms with E-state index in [1.54, 1.807) is 4.90 Å². The molecule has 0 unspecified atom stereocenters. The van der Waals surface area contributed by atoms with E-state index in [-0.39, 0.29) is 17.9 Å². The lowest BCUT2D eigenvalue weighted by molar-refractivity contribution is -0.127. The maximum Gasteiger partial charge on any atom is 0.276 e. The zero-order valence-electron chi connectivity index (χ0n) is 20.0. The molecule has 1 N–H and O–H groups in total. The highest BCUT2D eigenvalue weighted by atomic mass is 16.3. The molecule has 1 aliphatic carbocycles. The molecule has 2 aliphatic rings. The molecule has 6 nitrogen and oxygen atoms in total. The summed E-state index contributed by atoms with van der Waals surface area (Å²) in [6.07, 6.45) is 6.72. The monoisotopic (exact) mass is 447 g/mol. The Morgan fingerprint density at radius 1 is 1.06 bits per heavy atom. The van der Waals surface area contributed by atoms with Crippen molar-refractivity contribution in [3.63, 3.8) is 0 Å². The molecule has 33 heavy (non-hydrogen) atoms. The largest absolute Gasteiger partial charge is 0.460 e. The molecular weight excluding hydrogens is 414 g/mol. The predicted molar refractivity (Wildman–Crippen MR) is 130 cm³/mol. The minimum Gasteiger partial charge on any atom is -0.460 e. The Bertz CT molecular complexity index is 1230. The Hall–Kier alpha value is -3.02. The van der Waals surface area contributed by atoms with Crippen LogP contribution in [0, 0.1) is 20.8 Å². The minimum absolute atomic E-state index is 0.0867. The summed E-state index contributed by atoms with van der Waals surface area (Å²) in [6, 6.07) is 9.99. The number of anilines is 1. The Morgan fingerprint density at radius 3 is 2.52 bits per heavy atom. The van der Waals surface area contributed by atoms with Crippen LogP contribution in [-0.2, 0) is 11.3 Å². The van der Waals surface area contributed by atoms with Gasteiger partial charge in [-0.3, -0.25) is 14.5 Å². The molecule has 1 atom stereocenters. The smallest absolute Gasteiger partial charge is 0.276 e. The molecule has 2 aromatic heterocycles. The normalized spacial score (nSPS) is 21.8. The van der Waals surface area contributed by atoms with E-state index >= 15 is 0 Å². The first-order valence-electron chi connectivity index (χ1n) is 12.1. The van der Waals surface area contributed by atoms with Crippen LogP contribution in [-0.4, -0.2) is 28.0 Å². The average molecular weight is 448 g/mol. The van der Waals surface area contributed by atoms with Gasteiger partial charge in [0, 0.05) is 23.9 Å². The second-order valence-corrected chi connectivity index (χ2v) is 10.1. The molecular formula is C27H33N3O3. The van der Waals surface area contributed by atoms with Crippen molar-refractivity contribution >= 4 is 28.6 Å². The van der Waals surface area contributed by atoms with Crippen LogP contribution in [0.15, 0.2) is 34.7 Å². The van der Waals surface area contributed by atoms with Crippen molar-refractivity contribution in [1.82, 2.24) is 9.88 Å². The quantitative estimate of drug-likeness (QED) is 0.545. The molecule has 3 aromatic rings. The van der Waals surface area contributed by atoms with Gasteiger partial charge in [0.25, 0.3) is 5.91 Å². The minimum atomic E-state index is -1.06. The summed E-state index contributed by atoms with van der Waals surface area (Å²) < 4.78 is 7.79. The maximum atomic E-state index is 14.0. The predicted octanol–water partition coefficient (Wildman–Crippen LogP) is 5.42. The number of carbonyl (C=O) groups excluding carboxylic acids is 2. The first kappa shape index (κ1) is 21.8. The highest BCUT2D eigenvalue weighted by Crippen LogP contribution is 2.38. The van der Waals surface area contributed by atoms with Gasteiger partial charge in [-0.2, -0.15) is 0 Å². The lowest BCUT2D eigenvalue weighted by Crippen LogP contribution is -2.65. The molecule has 1 aliphatic heterocycles. The van der Waals surface area contributed by atoms with Crippen LogP contribution in [0.4, 0.5) is 5.69 Å². The third kappa shape index (κ3) is 3.65. The molecule has 2 amide bonds. The second kappa shape index (κ2) is 8.08. The lowest BCUT2D eigenvalue weighted by Gasteiger charge is -2.45. The van der Waals surface area contributed by atoms with Crippen molar-refractivity contribution in [3.05, 3.63) is 52.9 Å². The molecule has 0 radical (unpaired) electrons. The van der Waals surface area contributed by atoms with Gasteiger partial charge >= 0.3 is 0 Å². The van der Waals surface area contributed by atoms with Crippen molar-refractivity contribution in [3.8, 4) is 0 Å². The number of hydrogen-bond donors (Lipinski definition) is 1. The number of furan rings is 1. The Kier molecular flexibility index (Phi) is 5.34. The summed E-state index contributed by atoms with van der Waals surface area (Å²) in [4.78, 5) is 29.7. The molecule has 174 valence electrons. The van der Waals surface area contributed by atoms with Gasteiger partial charge in [0.1, 0.15) is 17.0 Å². The number of aromatic nitrogens is 1. The third-order valence-corrected chi connectivity index (χ3v) is 7.38. The van der Waals surface area contributed by atoms with Crippen molar-refractivity contribution < 1.29 is 14.0 Å². The van der Waals surface area contributed by atoms with E-state index < -0.39 is 5.54 Å². The fourth-order valence-corrected chi connectivity index (χ4v) is 5.50. The first-order chi connectivity index (χ1) is 15.8. The SMILES string of the molecule is Cc1ccc(C)c(N2C(=O)c3cc4oc(C)cc4n3C[C@]2(C)C(=O)NC2CCCCCC2)c1. The average Bonchev–Trinajstić information content (AvgIpc) is 3.16. The van der Waals surface area contributed by atoms with E-state index in [0.717, 1.165) is 53.8 Å². The number of amides is 2. The van der Waals surface area contributed by atoms with Crippen molar-refractivity contribution in [1.29, 1.82) is 0 Å². The van der Waals surface area contributed by atoms with Gasteiger partial charge < -0.3 is 14.3 Å². The molecule has 1 aromatic carbocycles. The summed E-state index contributed by atoms with van der Waals surface area (Å²) in [7, 11) is 0. The van der Waals surface area contributed by atoms with Crippen LogP contribution >= 0.6 is 0 Å². The van der Waals surface area contributed by atoms with E-state index in [9.17, 15) is 9.59 Å². The number of rotatable bonds is 3. The van der Waals surface area contributed by atoms with Gasteiger partial charge in [0.15, 0.2) is 5.58 Å². The van der Waals surface area contributed by atoms with Crippen LogP contribution in [0.1, 0.15) is 72.8 Å². The van der Waals surface area contributed by atoms with Gasteiger partial charge in [-0.1, -0.05) is 37.8 Å². The van der Waals surface area contributed by atoms with Gasteiger partial charge in [-0.05, 0) is 57.7 Å². The zero-order valence-corrected chi connectivity index (χ0v) is 20.0. The fourth-order valence-electron chi connectivity index (χ4n) is 5.50. The first-order valence-corrected chi connectivity index (χ1v) is 12.1. The molecule has 0 spiro atoms. The van der Waals surface area contributed by atoms with Crippen LogP contribution in [0.2, 0.25) is 0 Å². The van der Waals surface area contributed by atoms with Crippen molar-refractivity contribution in [2.24, 2.45) is 0 Å². The number of benzene rings is 1. The van der Waals surface area contributed by atoms with Gasteiger partial charge in [0.2, 0.25) is 5.91 Å². The molecule has 3 heterocycles. The van der Waals surface area contributed by atoms with Gasteiger partial charge in [-0.25, -0.2) is 0 Å². The number of carbonyl (C=O) groups is 2. The summed E-state index contributed by atoms with van der Waals surface area (Å²) in [5.41, 5.74) is 3.87. The van der Waals surface area contributed by atoms with Crippen molar-refractivity contribution in [2.45, 2.75) is 84.3 Å². The van der Waals surface area contributed by atoms with Crippen LogP contribution < -0.4 is 10.2 Å². The van der Waals surface area contributed by atoms with Gasteiger partial charge in [-0.15, -0.1) is 0 Å². The Morgan fingerprint density at radius 2 is 1.79 bits per heavy atom. The molecule has 1 fully saturated rings. The molecule has 1 saturated carbocycles. The number of fused-ring (bicyclic) bond motifs is 3. The lowest BCUT2D eigenvalue weighted by atomic mass is 9.91. The van der Waals surface area contributed by atoms with E-state index in [1.807, 2.05) is 62.6 Å². The van der Waals surface area contributed by atoms with Gasteiger partial charge in [0.05, 0.1) is 12.1 Å². The third-order valence-electron chi connectivity index (χ3n) is 7.38. The fraction of sp³-hybridized carbons (Fsp3) is 0.481. The van der Waals surface area contributed by atoms with Crippen LogP contribution in [0.25, 0.3) is 11.1 Å². The molecule has 0 bridgehead atoms. The maximum absolute atomic E-state index is 14.0. The summed E-state index contributed by atoms with van der Waals surface area (Å²) in [6.45, 7) is 8.19. The Balaban J connectivity index is 1.62. The van der Waals surface area contributed by atoms with E-state index in [1.165, 1.54) is 12.8 Å². The number of nitrogens with zero attached hydrogens (tertiary/aromatic N) is 2. The highest BCUT2D eigenvalue weighted by molar-refractivity contribution is 6.14. The van der Waals surface area contributed by atoms with Crippen LogP contribution in [0.3, 0.4) is 0 Å². The summed E-state index contributed by atoms with van der Waals surface area (Å²) >= 11 is 0. The number of aryl methyl sites for hydroxylation is 3. The van der Waals surface area contributed by atoms with Crippen molar-refractivity contribution in [2.75, 3.05) is 4.90 Å². The molecule has 6 heteroatoms. The summed E-state index contributed by atoms with van der Waals surface area (Å²) in [5, 5.41) is 3.33. The molecule has 0 saturated heterocycles. The highest BCUT2D eigenvalue weighted by Gasteiger charge is 2.49. The number of nitrogens with one attached hydrogen (secondary N) is 1. The van der Waals surface area contributed by atoms with E-state index in [0.29, 0.717) is 17.8 Å². The topological polar surface area (TPSA) is 67.5 Å².